The normalized spacial score (nSPS) is 27.0. The predicted octanol–water partition coefficient (Wildman–Crippen LogP) is 3.62. The molecule has 168 valence electrons. The molecule has 2 aromatic rings. The van der Waals surface area contributed by atoms with E-state index >= 15 is 0 Å². The number of carbonyl (C=O) groups is 1. The molecule has 1 fully saturated rings. The maximum atomic E-state index is 12.4. The number of nitrogens with zero attached hydrogens (tertiary/aromatic N) is 1. The Bertz CT molecular complexity index is 1030. The molecule has 1 aromatic heterocycles. The predicted molar refractivity (Wildman–Crippen MR) is 119 cm³/mol. The van der Waals surface area contributed by atoms with Crippen LogP contribution in [-0.4, -0.2) is 56.4 Å². The largest absolute Gasteiger partial charge is 0.497 e. The van der Waals surface area contributed by atoms with Crippen molar-refractivity contribution in [1.29, 1.82) is 0 Å². The molecule has 1 aromatic carbocycles. The van der Waals surface area contributed by atoms with Crippen LogP contribution in [0.2, 0.25) is 0 Å². The van der Waals surface area contributed by atoms with Crippen LogP contribution < -0.4 is 9.47 Å². The molecule has 0 aliphatic carbocycles. The summed E-state index contributed by atoms with van der Waals surface area (Å²) in [6.07, 6.45) is 3.56. The number of methoxy groups -OCH3 is 3. The van der Waals surface area contributed by atoms with Gasteiger partial charge in [0.1, 0.15) is 0 Å². The number of piperidine rings is 1. The minimum Gasteiger partial charge on any atom is -0.497 e. The molecule has 8 heteroatoms. The van der Waals surface area contributed by atoms with Gasteiger partial charge in [0.2, 0.25) is 0 Å². The first-order valence-electron chi connectivity index (χ1n) is 10.5. The van der Waals surface area contributed by atoms with Gasteiger partial charge in [0, 0.05) is 47.6 Å². The number of rotatable bonds is 3. The van der Waals surface area contributed by atoms with Crippen LogP contribution in [0.5, 0.6) is 11.5 Å². The van der Waals surface area contributed by atoms with Crippen LogP contribution in [-0.2, 0) is 20.7 Å². The van der Waals surface area contributed by atoms with Gasteiger partial charge in [-0.3, -0.25) is 4.90 Å². The summed E-state index contributed by atoms with van der Waals surface area (Å²) in [7, 11) is 4.75. The quantitative estimate of drug-likeness (QED) is 0.723. The second kappa shape index (κ2) is 8.28. The third-order valence-electron chi connectivity index (χ3n) is 7.14. The highest BCUT2D eigenvalue weighted by Crippen LogP contribution is 2.48. The van der Waals surface area contributed by atoms with Crippen molar-refractivity contribution < 1.29 is 23.7 Å². The molecule has 0 bridgehead atoms. The molecule has 0 spiro atoms. The molecule has 1 unspecified atom stereocenters. The molecule has 3 aliphatic rings. The fraction of sp³-hybridized carbons (Fsp3) is 0.522. The van der Waals surface area contributed by atoms with Crippen LogP contribution in [0.15, 0.2) is 24.0 Å². The molecule has 7 nitrogen and oxygen atoms in total. The lowest BCUT2D eigenvalue weighted by molar-refractivity contribution is -0.139. The molecule has 4 atom stereocenters. The standard InChI is InChI=1S/C23H28N2O5.ClH/c1-12-16-10-25-6-5-13-15-8-20(27-2)21(28-3)9-18(15)24-22(13)19(25)7-14(16)17(11-30-12)23(26)29-4;/h8-9,11-12,14,16,19,24H,5-7,10H2,1-4H3;1H/t12-,14-,16-,19?;/m1./s1. The van der Waals surface area contributed by atoms with E-state index in [4.69, 9.17) is 18.9 Å². The minimum atomic E-state index is -0.285. The van der Waals surface area contributed by atoms with E-state index in [1.165, 1.54) is 23.8 Å². The van der Waals surface area contributed by atoms with E-state index in [9.17, 15) is 4.79 Å². The summed E-state index contributed by atoms with van der Waals surface area (Å²) in [5.41, 5.74) is 4.31. The Morgan fingerprint density at radius 3 is 2.65 bits per heavy atom. The number of ether oxygens (including phenoxy) is 4. The van der Waals surface area contributed by atoms with E-state index < -0.39 is 0 Å². The summed E-state index contributed by atoms with van der Waals surface area (Å²) in [5.74, 6) is 1.59. The van der Waals surface area contributed by atoms with Crippen molar-refractivity contribution in [2.45, 2.75) is 31.9 Å². The van der Waals surface area contributed by atoms with Crippen molar-refractivity contribution >= 4 is 29.3 Å². The lowest BCUT2D eigenvalue weighted by Gasteiger charge is -2.49. The zero-order chi connectivity index (χ0) is 21.0. The van der Waals surface area contributed by atoms with Gasteiger partial charge in [-0.1, -0.05) is 0 Å². The second-order valence-electron chi connectivity index (χ2n) is 8.44. The van der Waals surface area contributed by atoms with E-state index in [-0.39, 0.29) is 42.4 Å². The molecule has 5 rings (SSSR count). The second-order valence-corrected chi connectivity index (χ2v) is 8.44. The molecule has 1 saturated heterocycles. The average Bonchev–Trinajstić information content (AvgIpc) is 3.14. The van der Waals surface area contributed by atoms with E-state index in [0.29, 0.717) is 5.57 Å². The zero-order valence-corrected chi connectivity index (χ0v) is 19.1. The van der Waals surface area contributed by atoms with Crippen LogP contribution in [0.25, 0.3) is 10.9 Å². The van der Waals surface area contributed by atoms with Gasteiger partial charge in [0.25, 0.3) is 0 Å². The maximum absolute atomic E-state index is 12.4. The Balaban J connectivity index is 0.00000231. The van der Waals surface area contributed by atoms with Gasteiger partial charge in [-0.05, 0) is 31.4 Å². The van der Waals surface area contributed by atoms with Crippen LogP contribution in [0, 0.1) is 11.8 Å². The average molecular weight is 449 g/mol. The number of H-pyrrole nitrogens is 1. The Hall–Kier alpha value is -2.38. The third-order valence-corrected chi connectivity index (χ3v) is 7.14. The molecular weight excluding hydrogens is 420 g/mol. The topological polar surface area (TPSA) is 73.0 Å². The highest BCUT2D eigenvalue weighted by atomic mass is 35.5. The molecule has 0 saturated carbocycles. The van der Waals surface area contributed by atoms with Crippen LogP contribution in [0.1, 0.15) is 30.6 Å². The monoisotopic (exact) mass is 448 g/mol. The number of hydrogen-bond acceptors (Lipinski definition) is 6. The summed E-state index contributed by atoms with van der Waals surface area (Å²) < 4.78 is 21.9. The highest BCUT2D eigenvalue weighted by Gasteiger charge is 2.47. The van der Waals surface area contributed by atoms with E-state index in [0.717, 1.165) is 42.9 Å². The third kappa shape index (κ3) is 3.34. The Kier molecular flexibility index (Phi) is 5.83. The highest BCUT2D eigenvalue weighted by molar-refractivity contribution is 5.89. The van der Waals surface area contributed by atoms with Crippen molar-refractivity contribution in [1.82, 2.24) is 9.88 Å². The minimum absolute atomic E-state index is 0. The zero-order valence-electron chi connectivity index (χ0n) is 18.3. The number of hydrogen-bond donors (Lipinski definition) is 1. The number of nitrogens with one attached hydrogen (secondary N) is 1. The van der Waals surface area contributed by atoms with Gasteiger partial charge in [-0.25, -0.2) is 4.79 Å². The smallest absolute Gasteiger partial charge is 0.337 e. The Morgan fingerprint density at radius 1 is 1.19 bits per heavy atom. The summed E-state index contributed by atoms with van der Waals surface area (Å²) in [5, 5.41) is 1.19. The van der Waals surface area contributed by atoms with Crippen LogP contribution in [0.3, 0.4) is 0 Å². The number of aromatic nitrogens is 1. The van der Waals surface area contributed by atoms with Gasteiger partial charge in [0.15, 0.2) is 11.5 Å². The fourth-order valence-corrected chi connectivity index (χ4v) is 5.56. The molecular formula is C23H29ClN2O5. The van der Waals surface area contributed by atoms with Gasteiger partial charge in [0.05, 0.1) is 45.3 Å². The lowest BCUT2D eigenvalue weighted by Crippen LogP contribution is -2.51. The van der Waals surface area contributed by atoms with Crippen molar-refractivity contribution in [2.24, 2.45) is 11.8 Å². The van der Waals surface area contributed by atoms with Gasteiger partial charge >= 0.3 is 5.97 Å². The van der Waals surface area contributed by atoms with Gasteiger partial charge in [-0.2, -0.15) is 0 Å². The van der Waals surface area contributed by atoms with Crippen LogP contribution in [0.4, 0.5) is 0 Å². The lowest BCUT2D eigenvalue weighted by atomic mass is 9.72. The summed E-state index contributed by atoms with van der Waals surface area (Å²) in [6, 6.07) is 4.32. The maximum Gasteiger partial charge on any atom is 0.337 e. The van der Waals surface area contributed by atoms with Crippen molar-refractivity contribution in [2.75, 3.05) is 34.4 Å². The number of benzene rings is 1. The first-order valence-corrected chi connectivity index (χ1v) is 10.5. The number of carbonyl (C=O) groups excluding carboxylic acids is 1. The molecule has 0 amide bonds. The van der Waals surface area contributed by atoms with Gasteiger partial charge in [-0.15, -0.1) is 12.4 Å². The SMILES string of the molecule is COC(=O)C1=CO[C@H](C)[C@H]2CN3CCc4c([nH]c5cc(OC)c(OC)cc45)C3C[C@@H]12.Cl. The van der Waals surface area contributed by atoms with Crippen molar-refractivity contribution in [3.8, 4) is 11.5 Å². The number of aromatic amines is 1. The summed E-state index contributed by atoms with van der Waals surface area (Å²) in [4.78, 5) is 18.6. The summed E-state index contributed by atoms with van der Waals surface area (Å²) >= 11 is 0. The van der Waals surface area contributed by atoms with Crippen molar-refractivity contribution in [3.05, 3.63) is 35.2 Å². The van der Waals surface area contributed by atoms with E-state index in [1.54, 1.807) is 20.5 Å². The fourth-order valence-electron chi connectivity index (χ4n) is 5.56. The molecule has 4 heterocycles. The first-order chi connectivity index (χ1) is 14.5. The van der Waals surface area contributed by atoms with Crippen molar-refractivity contribution in [3.63, 3.8) is 0 Å². The Morgan fingerprint density at radius 2 is 1.94 bits per heavy atom. The molecule has 3 aliphatic heterocycles. The molecule has 31 heavy (non-hydrogen) atoms. The van der Waals surface area contributed by atoms with E-state index in [2.05, 4.69) is 22.9 Å². The summed E-state index contributed by atoms with van der Waals surface area (Å²) in [6.45, 7) is 4.00. The number of esters is 1. The van der Waals surface area contributed by atoms with E-state index in [1.807, 2.05) is 6.07 Å². The molecule has 0 radical (unpaired) electrons. The first kappa shape index (κ1) is 21.8. The molecule has 1 N–H and O–H groups in total. The number of halogens is 1. The Labute approximate surface area is 188 Å². The van der Waals surface area contributed by atoms with Crippen LogP contribution >= 0.6 is 12.4 Å². The number of fused-ring (bicyclic) bond motifs is 6. The van der Waals surface area contributed by atoms with Gasteiger partial charge < -0.3 is 23.9 Å².